The molecule has 1 aliphatic carbocycles. The van der Waals surface area contributed by atoms with Gasteiger partial charge in [-0.3, -0.25) is 4.79 Å². The molecule has 2 aliphatic rings. The van der Waals surface area contributed by atoms with Gasteiger partial charge >= 0.3 is 0 Å². The highest BCUT2D eigenvalue weighted by Crippen LogP contribution is 2.37. The fourth-order valence-electron chi connectivity index (χ4n) is 2.78. The summed E-state index contributed by atoms with van der Waals surface area (Å²) in [5.41, 5.74) is 1.40. The summed E-state index contributed by atoms with van der Waals surface area (Å²) in [5.74, 6) is 1.09. The third kappa shape index (κ3) is 3.07. The summed E-state index contributed by atoms with van der Waals surface area (Å²) >= 11 is 6.54. The van der Waals surface area contributed by atoms with E-state index in [-0.39, 0.29) is 11.3 Å². The van der Waals surface area contributed by atoms with Crippen LogP contribution >= 0.6 is 24.0 Å². The fourth-order valence-corrected chi connectivity index (χ4v) is 3.73. The second kappa shape index (κ2) is 4.69. The first-order chi connectivity index (χ1) is 7.87. The molecule has 2 rings (SSSR count). The van der Waals surface area contributed by atoms with Crippen molar-refractivity contribution in [2.75, 3.05) is 5.75 Å². The molecule has 0 aromatic carbocycles. The van der Waals surface area contributed by atoms with Crippen LogP contribution in [0.2, 0.25) is 0 Å². The molecular formula is C12H18N2OS2. The van der Waals surface area contributed by atoms with Crippen LogP contribution in [-0.4, -0.2) is 26.7 Å². The van der Waals surface area contributed by atoms with Crippen molar-refractivity contribution in [2.24, 2.45) is 16.4 Å². The highest BCUT2D eigenvalue weighted by molar-refractivity contribution is 8.23. The Bertz CT molecular complexity index is 374. The number of amides is 1. The van der Waals surface area contributed by atoms with Gasteiger partial charge in [-0.1, -0.05) is 44.8 Å². The van der Waals surface area contributed by atoms with E-state index in [1.54, 1.807) is 0 Å². The van der Waals surface area contributed by atoms with Gasteiger partial charge in [0.25, 0.3) is 5.91 Å². The summed E-state index contributed by atoms with van der Waals surface area (Å²) in [6.45, 7) is 6.77. The third-order valence-electron chi connectivity index (χ3n) is 3.14. The molecule has 0 radical (unpaired) electrons. The Labute approximate surface area is 112 Å². The lowest BCUT2D eigenvalue weighted by atomic mass is 9.72. The van der Waals surface area contributed by atoms with E-state index in [2.05, 4.69) is 25.9 Å². The van der Waals surface area contributed by atoms with E-state index in [9.17, 15) is 4.79 Å². The molecule has 0 aromatic rings. The van der Waals surface area contributed by atoms with E-state index in [0.717, 1.165) is 18.6 Å². The lowest BCUT2D eigenvalue weighted by molar-refractivity contribution is -0.124. The van der Waals surface area contributed by atoms with Crippen molar-refractivity contribution >= 4 is 39.9 Å². The molecule has 3 nitrogen and oxygen atoms in total. The van der Waals surface area contributed by atoms with Gasteiger partial charge in [0.2, 0.25) is 0 Å². The standard InChI is InChI=1S/C12H18N2OS2/c1-8-4-9(6-12(2,3)5-8)13-14-10(15)7-17-11(14)16/h8H,4-7H2,1-3H3/b13-9-/t8-/m0/s1. The van der Waals surface area contributed by atoms with Gasteiger partial charge in [0.05, 0.1) is 5.75 Å². The minimum Gasteiger partial charge on any atom is -0.272 e. The van der Waals surface area contributed by atoms with Gasteiger partial charge in [-0.15, -0.1) is 0 Å². The number of hydrogen-bond donors (Lipinski definition) is 0. The minimum absolute atomic E-state index is 0.0172. The number of thiocarbonyl (C=S) groups is 1. The smallest absolute Gasteiger partial charge is 0.259 e. The predicted octanol–water partition coefficient (Wildman–Crippen LogP) is 3.05. The number of carbonyl (C=O) groups is 1. The van der Waals surface area contributed by atoms with Crippen molar-refractivity contribution < 1.29 is 4.79 Å². The number of hydrazone groups is 1. The molecule has 1 saturated heterocycles. The summed E-state index contributed by atoms with van der Waals surface area (Å²) in [6, 6.07) is 0. The van der Waals surface area contributed by atoms with E-state index in [0.29, 0.717) is 16.0 Å². The first kappa shape index (κ1) is 13.0. The fraction of sp³-hybridized carbons (Fsp3) is 0.750. The molecule has 2 fully saturated rings. The number of carbonyl (C=O) groups excluding carboxylic acids is 1. The SMILES string of the molecule is C[C@H]1C/C(=N/N2C(=O)CSC2=S)CC(C)(C)C1. The van der Waals surface area contributed by atoms with Crippen LogP contribution < -0.4 is 0 Å². The maximum atomic E-state index is 11.6. The quantitative estimate of drug-likeness (QED) is 0.687. The van der Waals surface area contributed by atoms with Gasteiger partial charge in [0, 0.05) is 5.71 Å². The van der Waals surface area contributed by atoms with E-state index in [4.69, 9.17) is 12.2 Å². The Morgan fingerprint density at radius 2 is 2.24 bits per heavy atom. The van der Waals surface area contributed by atoms with Crippen molar-refractivity contribution in [3.63, 3.8) is 0 Å². The molecule has 1 heterocycles. The Morgan fingerprint density at radius 1 is 1.53 bits per heavy atom. The first-order valence-corrected chi connectivity index (χ1v) is 7.33. The molecule has 0 unspecified atom stereocenters. The largest absolute Gasteiger partial charge is 0.272 e. The lowest BCUT2D eigenvalue weighted by Gasteiger charge is -2.34. The monoisotopic (exact) mass is 270 g/mol. The number of rotatable bonds is 1. The Morgan fingerprint density at radius 3 is 2.76 bits per heavy atom. The van der Waals surface area contributed by atoms with Crippen LogP contribution in [0.5, 0.6) is 0 Å². The Balaban J connectivity index is 2.16. The first-order valence-electron chi connectivity index (χ1n) is 5.93. The van der Waals surface area contributed by atoms with Gasteiger partial charge < -0.3 is 0 Å². The molecule has 0 bridgehead atoms. The molecule has 0 N–H and O–H groups in total. The van der Waals surface area contributed by atoms with Gasteiger partial charge in [0.1, 0.15) is 0 Å². The molecule has 1 aliphatic heterocycles. The molecule has 0 spiro atoms. The molecule has 5 heteroatoms. The highest BCUT2D eigenvalue weighted by atomic mass is 32.2. The van der Waals surface area contributed by atoms with Crippen LogP contribution in [0.1, 0.15) is 40.0 Å². The van der Waals surface area contributed by atoms with Crippen molar-refractivity contribution in [1.82, 2.24) is 5.01 Å². The van der Waals surface area contributed by atoms with Crippen LogP contribution in [0.25, 0.3) is 0 Å². The second-order valence-electron chi connectivity index (χ2n) is 5.78. The van der Waals surface area contributed by atoms with E-state index in [1.165, 1.54) is 23.2 Å². The summed E-state index contributed by atoms with van der Waals surface area (Å²) in [4.78, 5) is 11.6. The molecule has 1 atom stereocenters. The van der Waals surface area contributed by atoms with Crippen molar-refractivity contribution in [1.29, 1.82) is 0 Å². The van der Waals surface area contributed by atoms with Crippen LogP contribution in [0.15, 0.2) is 5.10 Å². The van der Waals surface area contributed by atoms with Gasteiger partial charge in [-0.25, -0.2) is 0 Å². The van der Waals surface area contributed by atoms with Crippen LogP contribution in [-0.2, 0) is 4.79 Å². The van der Waals surface area contributed by atoms with Gasteiger partial charge in [-0.05, 0) is 30.6 Å². The number of nitrogens with zero attached hydrogens (tertiary/aromatic N) is 2. The summed E-state index contributed by atoms with van der Waals surface area (Å²) < 4.78 is 0.596. The topological polar surface area (TPSA) is 32.7 Å². The average molecular weight is 270 g/mol. The molecule has 1 saturated carbocycles. The predicted molar refractivity (Wildman–Crippen MR) is 76.1 cm³/mol. The van der Waals surface area contributed by atoms with E-state index in [1.807, 2.05) is 0 Å². The van der Waals surface area contributed by atoms with Crippen molar-refractivity contribution in [3.05, 3.63) is 0 Å². The normalized spacial score (nSPS) is 31.4. The van der Waals surface area contributed by atoms with Gasteiger partial charge in [-0.2, -0.15) is 10.1 Å². The number of thioether (sulfide) groups is 1. The Hall–Kier alpha value is -0.420. The lowest BCUT2D eigenvalue weighted by Crippen LogP contribution is -2.31. The zero-order valence-corrected chi connectivity index (χ0v) is 12.2. The molecule has 1 amide bonds. The zero-order valence-electron chi connectivity index (χ0n) is 10.5. The van der Waals surface area contributed by atoms with Crippen LogP contribution in [0.3, 0.4) is 0 Å². The van der Waals surface area contributed by atoms with Crippen molar-refractivity contribution in [2.45, 2.75) is 40.0 Å². The average Bonchev–Trinajstić information content (AvgIpc) is 2.46. The summed E-state index contributed by atoms with van der Waals surface area (Å²) in [7, 11) is 0. The maximum absolute atomic E-state index is 11.6. The minimum atomic E-state index is 0.0172. The number of hydrogen-bond acceptors (Lipinski definition) is 4. The van der Waals surface area contributed by atoms with Gasteiger partial charge in [0.15, 0.2) is 4.32 Å². The summed E-state index contributed by atoms with van der Waals surface area (Å²) in [5, 5.41) is 5.90. The molecular weight excluding hydrogens is 252 g/mol. The van der Waals surface area contributed by atoms with Crippen LogP contribution in [0.4, 0.5) is 0 Å². The molecule has 0 aromatic heterocycles. The molecule has 17 heavy (non-hydrogen) atoms. The third-order valence-corrected chi connectivity index (χ3v) is 4.48. The van der Waals surface area contributed by atoms with Crippen molar-refractivity contribution in [3.8, 4) is 0 Å². The summed E-state index contributed by atoms with van der Waals surface area (Å²) in [6.07, 6.45) is 3.17. The highest BCUT2D eigenvalue weighted by Gasteiger charge is 2.32. The Kier molecular flexibility index (Phi) is 3.59. The van der Waals surface area contributed by atoms with Crippen LogP contribution in [0, 0.1) is 11.3 Å². The van der Waals surface area contributed by atoms with E-state index < -0.39 is 0 Å². The molecule has 94 valence electrons. The zero-order chi connectivity index (χ0) is 12.6. The second-order valence-corrected chi connectivity index (χ2v) is 7.39. The maximum Gasteiger partial charge on any atom is 0.259 e. The van der Waals surface area contributed by atoms with E-state index >= 15 is 0 Å².